The van der Waals surface area contributed by atoms with E-state index in [9.17, 15) is 0 Å². The second kappa shape index (κ2) is 15.8. The summed E-state index contributed by atoms with van der Waals surface area (Å²) in [6.45, 7) is 4.72. The topological polar surface area (TPSA) is 8.17 Å². The fourth-order valence-corrected chi connectivity index (χ4v) is 13.3. The summed E-state index contributed by atoms with van der Waals surface area (Å²) in [5.41, 5.74) is 15.6. The first-order valence-corrected chi connectivity index (χ1v) is 23.7. The number of halogens is 2. The lowest BCUT2D eigenvalue weighted by molar-refractivity contribution is 0.0424. The van der Waals surface area contributed by atoms with E-state index in [1.54, 1.807) is 6.07 Å². The van der Waals surface area contributed by atoms with Gasteiger partial charge in [0.1, 0.15) is 11.6 Å². The molecule has 0 aliphatic heterocycles. The Morgan fingerprint density at radius 2 is 1.43 bits per heavy atom. The number of allylic oxidation sites excluding steroid dienone is 5. The molecule has 1 spiro atoms. The molecular formula is C61H52F2N2. The quantitative estimate of drug-likeness (QED) is 0.151. The summed E-state index contributed by atoms with van der Waals surface area (Å²) in [7, 11) is 0. The van der Waals surface area contributed by atoms with E-state index in [0.717, 1.165) is 94.3 Å². The number of nitrogens with zero attached hydrogens (tertiary/aromatic N) is 2. The molecule has 2 bridgehead atoms. The van der Waals surface area contributed by atoms with Crippen LogP contribution in [0.5, 0.6) is 0 Å². The number of para-hydroxylation sites is 2. The van der Waals surface area contributed by atoms with Crippen molar-refractivity contribution in [2.45, 2.75) is 70.6 Å². The molecule has 5 aliphatic rings. The molecule has 5 atom stereocenters. The monoisotopic (exact) mass is 850 g/mol. The van der Waals surface area contributed by atoms with Crippen molar-refractivity contribution >= 4 is 33.9 Å². The van der Waals surface area contributed by atoms with Crippen LogP contribution >= 0.6 is 0 Å². The minimum atomic E-state index is -0.487. The Balaban J connectivity index is 1.08. The van der Waals surface area contributed by atoms with Crippen molar-refractivity contribution in [3.05, 3.63) is 197 Å². The molecule has 2 fully saturated rings. The van der Waals surface area contributed by atoms with Gasteiger partial charge in [0.15, 0.2) is 0 Å². The number of anilines is 2. The third-order valence-corrected chi connectivity index (χ3v) is 15.6. The third-order valence-electron chi connectivity index (χ3n) is 15.6. The molecule has 0 saturated heterocycles. The van der Waals surface area contributed by atoms with Gasteiger partial charge in [-0.1, -0.05) is 129 Å². The molecule has 1 aromatic heterocycles. The van der Waals surface area contributed by atoms with Gasteiger partial charge in [-0.05, 0) is 150 Å². The van der Waals surface area contributed by atoms with E-state index in [-0.39, 0.29) is 5.92 Å². The van der Waals surface area contributed by atoms with Gasteiger partial charge in [-0.3, -0.25) is 0 Å². The van der Waals surface area contributed by atoms with Crippen LogP contribution in [0.2, 0.25) is 0 Å². The van der Waals surface area contributed by atoms with Crippen LogP contribution in [-0.2, 0) is 11.8 Å². The zero-order chi connectivity index (χ0) is 43.8. The first-order valence-electron chi connectivity index (χ1n) is 23.7. The Morgan fingerprint density at radius 3 is 2.29 bits per heavy atom. The van der Waals surface area contributed by atoms with Crippen LogP contribution in [0.1, 0.15) is 86.7 Å². The fourth-order valence-electron chi connectivity index (χ4n) is 13.3. The minimum Gasteiger partial charge on any atom is -0.312 e. The number of aromatic nitrogens is 1. The Morgan fingerprint density at radius 1 is 0.677 bits per heavy atom. The second-order valence-corrected chi connectivity index (χ2v) is 19.3. The van der Waals surface area contributed by atoms with Crippen LogP contribution in [0.15, 0.2) is 157 Å². The van der Waals surface area contributed by atoms with Gasteiger partial charge in [0.2, 0.25) is 0 Å². The Bertz CT molecular complexity index is 3190. The van der Waals surface area contributed by atoms with E-state index in [1.807, 2.05) is 0 Å². The maximum Gasteiger partial charge on any atom is 0.134 e. The van der Waals surface area contributed by atoms with Gasteiger partial charge >= 0.3 is 0 Å². The molecule has 2 saturated carbocycles. The number of hydrogen-bond acceptors (Lipinski definition) is 1. The Kier molecular flexibility index (Phi) is 9.67. The molecule has 65 heavy (non-hydrogen) atoms. The van der Waals surface area contributed by atoms with Gasteiger partial charge in [-0.25, -0.2) is 8.78 Å². The molecule has 7 aromatic rings. The SMILES string of the molecule is CC1CC2CC(C)C3(c4cc(F)cc(F)c4-c4c(/C5=C/C=C(/N(c6ccccc6-c6ccccc6)c6cccc7c6c6c(n7-c7ccccc7)C=CCC6)CC#CC5)cccc43)C(C1)C2. The summed E-state index contributed by atoms with van der Waals surface area (Å²) >= 11 is 0. The predicted octanol–water partition coefficient (Wildman–Crippen LogP) is 15.8. The Hall–Kier alpha value is -6.70. The molecule has 1 heterocycles. The normalized spacial score (nSPS) is 24.4. The van der Waals surface area contributed by atoms with Crippen LogP contribution in [0.4, 0.5) is 20.2 Å². The summed E-state index contributed by atoms with van der Waals surface area (Å²) < 4.78 is 34.8. The second-order valence-electron chi connectivity index (χ2n) is 19.3. The molecule has 0 radical (unpaired) electrons. The summed E-state index contributed by atoms with van der Waals surface area (Å²) in [5.74, 6) is 8.09. The van der Waals surface area contributed by atoms with Crippen molar-refractivity contribution in [1.29, 1.82) is 0 Å². The highest BCUT2D eigenvalue weighted by Gasteiger charge is 2.57. The number of aryl methyl sites for hydroxylation is 1. The Labute approximate surface area is 381 Å². The highest BCUT2D eigenvalue weighted by atomic mass is 19.1. The smallest absolute Gasteiger partial charge is 0.134 e. The average Bonchev–Trinajstić information content (AvgIpc) is 3.81. The maximum atomic E-state index is 16.8. The molecule has 5 unspecified atom stereocenters. The zero-order valence-electron chi connectivity index (χ0n) is 37.1. The van der Waals surface area contributed by atoms with Gasteiger partial charge in [0.05, 0.1) is 16.9 Å². The lowest BCUT2D eigenvalue weighted by atomic mass is 9.49. The van der Waals surface area contributed by atoms with Crippen molar-refractivity contribution in [3.8, 4) is 39.8 Å². The summed E-state index contributed by atoms with van der Waals surface area (Å²) in [5, 5.41) is 1.24. The summed E-state index contributed by atoms with van der Waals surface area (Å²) in [6, 6.07) is 46.2. The number of hydrogen-bond donors (Lipinski definition) is 0. The molecule has 4 heteroatoms. The van der Waals surface area contributed by atoms with Gasteiger partial charge < -0.3 is 9.47 Å². The van der Waals surface area contributed by atoms with E-state index in [0.29, 0.717) is 36.2 Å². The lowest BCUT2D eigenvalue weighted by Crippen LogP contribution is -2.49. The fraction of sp³-hybridized carbons (Fsp3) is 0.246. The highest BCUT2D eigenvalue weighted by molar-refractivity contribution is 6.03. The molecule has 0 N–H and O–H groups in total. The third kappa shape index (κ3) is 6.26. The molecule has 2 nitrogen and oxygen atoms in total. The standard InChI is InChI=1S/C61H52F2N2/c1-39-33-41-35-40(2)61(44(34-39)36-41)51-26-15-25-49(58(51)60-52(61)37-45(62)38-53(60)63)43-19-9-10-22-47(32-31-43)65(54-27-13-11-23-48(54)42-17-5-3-6-18-42)57-30-16-29-56-59(57)50-24-12-14-28-55(50)64(56)46-20-7-4-8-21-46/h3-8,11,13-18,20-21,23,25-32,37-41,44H,12,19,22,24,33-36H2,1-2H3/b43-31+,47-32+. The van der Waals surface area contributed by atoms with E-state index in [4.69, 9.17) is 0 Å². The summed E-state index contributed by atoms with van der Waals surface area (Å²) in [4.78, 5) is 2.46. The largest absolute Gasteiger partial charge is 0.312 e. The van der Waals surface area contributed by atoms with Crippen LogP contribution in [-0.4, -0.2) is 4.57 Å². The van der Waals surface area contributed by atoms with Crippen LogP contribution < -0.4 is 4.90 Å². The van der Waals surface area contributed by atoms with E-state index in [2.05, 4.69) is 181 Å². The predicted molar refractivity (Wildman–Crippen MR) is 264 cm³/mol. The van der Waals surface area contributed by atoms with Crippen molar-refractivity contribution in [3.63, 3.8) is 0 Å². The van der Waals surface area contributed by atoms with Gasteiger partial charge in [-0.15, -0.1) is 0 Å². The van der Waals surface area contributed by atoms with Crippen molar-refractivity contribution in [1.82, 2.24) is 4.57 Å². The van der Waals surface area contributed by atoms with Crippen molar-refractivity contribution in [2.75, 3.05) is 4.90 Å². The minimum absolute atomic E-state index is 0.256. The molecule has 6 aromatic carbocycles. The number of benzene rings is 6. The van der Waals surface area contributed by atoms with E-state index >= 15 is 8.78 Å². The maximum absolute atomic E-state index is 16.8. The van der Waals surface area contributed by atoms with Crippen molar-refractivity contribution in [2.24, 2.45) is 23.7 Å². The average molecular weight is 851 g/mol. The molecular weight excluding hydrogens is 799 g/mol. The lowest BCUT2D eigenvalue weighted by Gasteiger charge is -2.54. The number of rotatable bonds is 6. The van der Waals surface area contributed by atoms with E-state index in [1.165, 1.54) is 34.1 Å². The van der Waals surface area contributed by atoms with Crippen molar-refractivity contribution < 1.29 is 8.78 Å². The molecule has 0 amide bonds. The summed E-state index contributed by atoms with van der Waals surface area (Å²) in [6.07, 6.45) is 16.6. The molecule has 5 aliphatic carbocycles. The van der Waals surface area contributed by atoms with Gasteiger partial charge in [-0.2, -0.15) is 0 Å². The molecule has 320 valence electrons. The first kappa shape index (κ1) is 39.9. The van der Waals surface area contributed by atoms with Crippen LogP contribution in [0.3, 0.4) is 0 Å². The zero-order valence-corrected chi connectivity index (χ0v) is 37.1. The van der Waals surface area contributed by atoms with Gasteiger partial charge in [0, 0.05) is 57.9 Å². The first-order chi connectivity index (χ1) is 31.9. The van der Waals surface area contributed by atoms with Crippen LogP contribution in [0.25, 0.3) is 50.5 Å². The van der Waals surface area contributed by atoms with Crippen LogP contribution in [0, 0.1) is 47.1 Å². The van der Waals surface area contributed by atoms with E-state index < -0.39 is 17.0 Å². The number of fused-ring (bicyclic) bond motifs is 11. The molecule has 12 rings (SSSR count). The highest BCUT2D eigenvalue weighted by Crippen LogP contribution is 2.66. The van der Waals surface area contributed by atoms with Gasteiger partial charge in [0.25, 0.3) is 0 Å².